The number of nitrogens with two attached hydrogens (primary N) is 1. The van der Waals surface area contributed by atoms with E-state index in [1.807, 2.05) is 26.0 Å². The van der Waals surface area contributed by atoms with Gasteiger partial charge in [0.2, 0.25) is 0 Å². The molecule has 4 nitrogen and oxygen atoms in total. The minimum Gasteiger partial charge on any atom is -0.492 e. The Balaban J connectivity index is 1.81. The first-order valence-corrected chi connectivity index (χ1v) is 7.72. The fourth-order valence-electron chi connectivity index (χ4n) is 2.66. The molecule has 0 spiro atoms. The molecule has 4 heteroatoms. The van der Waals surface area contributed by atoms with Gasteiger partial charge in [-0.25, -0.2) is 0 Å². The monoisotopic (exact) mass is 277 g/mol. The van der Waals surface area contributed by atoms with Crippen LogP contribution in [0.2, 0.25) is 0 Å². The molecule has 2 N–H and O–H groups in total. The summed E-state index contributed by atoms with van der Waals surface area (Å²) in [4.78, 5) is 7.07. The van der Waals surface area contributed by atoms with Gasteiger partial charge in [-0.1, -0.05) is 0 Å². The van der Waals surface area contributed by atoms with Gasteiger partial charge >= 0.3 is 0 Å². The van der Waals surface area contributed by atoms with E-state index in [2.05, 4.69) is 9.88 Å². The minimum atomic E-state index is 0.108. The summed E-state index contributed by atoms with van der Waals surface area (Å²) in [5.74, 6) is 0.898. The standard InChI is InChI=1S/C16H27N3O/c1-13(17)12-15-16(7-6-14(2)18-15)20-11-5-10-19-8-3-4-9-19/h6-7,13H,3-5,8-12,17H2,1-2H3. The van der Waals surface area contributed by atoms with Crippen molar-refractivity contribution in [3.8, 4) is 5.75 Å². The lowest BCUT2D eigenvalue weighted by atomic mass is 10.1. The van der Waals surface area contributed by atoms with Crippen molar-refractivity contribution in [1.29, 1.82) is 0 Å². The largest absolute Gasteiger partial charge is 0.492 e. The SMILES string of the molecule is Cc1ccc(OCCCN2CCCC2)c(CC(C)N)n1. The summed E-state index contributed by atoms with van der Waals surface area (Å²) < 4.78 is 5.91. The normalized spacial score (nSPS) is 17.4. The van der Waals surface area contributed by atoms with Crippen LogP contribution in [0.3, 0.4) is 0 Å². The Kier molecular flexibility index (Phi) is 5.80. The van der Waals surface area contributed by atoms with E-state index in [4.69, 9.17) is 10.5 Å². The fourth-order valence-corrected chi connectivity index (χ4v) is 2.66. The third kappa shape index (κ3) is 4.76. The van der Waals surface area contributed by atoms with Crippen LogP contribution in [0.4, 0.5) is 0 Å². The quantitative estimate of drug-likeness (QED) is 0.776. The summed E-state index contributed by atoms with van der Waals surface area (Å²) in [7, 11) is 0. The molecule has 1 aromatic heterocycles. The van der Waals surface area contributed by atoms with Crippen molar-refractivity contribution >= 4 is 0 Å². The molecule has 1 aliphatic heterocycles. The molecule has 0 bridgehead atoms. The van der Waals surface area contributed by atoms with Gasteiger partial charge in [-0.2, -0.15) is 0 Å². The number of ether oxygens (including phenoxy) is 1. The summed E-state index contributed by atoms with van der Waals surface area (Å²) in [6.45, 7) is 8.40. The molecule has 1 fully saturated rings. The Morgan fingerprint density at radius 1 is 1.35 bits per heavy atom. The molecular formula is C16H27N3O. The van der Waals surface area contributed by atoms with E-state index in [1.54, 1.807) is 0 Å². The molecule has 1 saturated heterocycles. The molecule has 0 amide bonds. The van der Waals surface area contributed by atoms with Crippen molar-refractivity contribution in [2.24, 2.45) is 5.73 Å². The van der Waals surface area contributed by atoms with Gasteiger partial charge in [0.15, 0.2) is 0 Å². The van der Waals surface area contributed by atoms with Crippen LogP contribution in [-0.4, -0.2) is 42.2 Å². The average Bonchev–Trinajstić information content (AvgIpc) is 2.89. The highest BCUT2D eigenvalue weighted by molar-refractivity contribution is 5.29. The zero-order chi connectivity index (χ0) is 14.4. The molecule has 2 rings (SSSR count). The van der Waals surface area contributed by atoms with E-state index >= 15 is 0 Å². The predicted molar refractivity (Wildman–Crippen MR) is 82.1 cm³/mol. The van der Waals surface area contributed by atoms with E-state index in [1.165, 1.54) is 25.9 Å². The van der Waals surface area contributed by atoms with Crippen LogP contribution >= 0.6 is 0 Å². The zero-order valence-corrected chi connectivity index (χ0v) is 12.8. The number of hydrogen-bond acceptors (Lipinski definition) is 4. The van der Waals surface area contributed by atoms with Crippen LogP contribution in [0.15, 0.2) is 12.1 Å². The van der Waals surface area contributed by atoms with E-state index in [0.717, 1.165) is 43.1 Å². The molecule has 1 aromatic rings. The van der Waals surface area contributed by atoms with Crippen LogP contribution in [0.25, 0.3) is 0 Å². The second kappa shape index (κ2) is 7.60. The highest BCUT2D eigenvalue weighted by atomic mass is 16.5. The number of hydrogen-bond donors (Lipinski definition) is 1. The zero-order valence-electron chi connectivity index (χ0n) is 12.8. The topological polar surface area (TPSA) is 51.4 Å². The summed E-state index contributed by atoms with van der Waals surface area (Å²) in [6.07, 6.45) is 4.54. The minimum absolute atomic E-state index is 0.108. The van der Waals surface area contributed by atoms with Gasteiger partial charge in [0.05, 0.1) is 12.3 Å². The molecule has 20 heavy (non-hydrogen) atoms. The third-order valence-corrected chi connectivity index (χ3v) is 3.66. The lowest BCUT2D eigenvalue weighted by Crippen LogP contribution is -2.22. The van der Waals surface area contributed by atoms with Crippen molar-refractivity contribution in [3.05, 3.63) is 23.5 Å². The van der Waals surface area contributed by atoms with Crippen molar-refractivity contribution in [1.82, 2.24) is 9.88 Å². The lowest BCUT2D eigenvalue weighted by molar-refractivity contribution is 0.260. The Morgan fingerprint density at radius 3 is 2.80 bits per heavy atom. The predicted octanol–water partition coefficient (Wildman–Crippen LogP) is 2.14. The molecule has 0 saturated carbocycles. The van der Waals surface area contributed by atoms with Gasteiger partial charge < -0.3 is 15.4 Å². The first-order valence-electron chi connectivity index (χ1n) is 7.72. The number of nitrogens with zero attached hydrogens (tertiary/aromatic N) is 2. The van der Waals surface area contributed by atoms with Gasteiger partial charge in [-0.15, -0.1) is 0 Å². The molecule has 2 heterocycles. The molecule has 0 radical (unpaired) electrons. The lowest BCUT2D eigenvalue weighted by Gasteiger charge is -2.16. The van der Waals surface area contributed by atoms with Crippen LogP contribution in [0.1, 0.15) is 37.6 Å². The average molecular weight is 277 g/mol. The van der Waals surface area contributed by atoms with Crippen molar-refractivity contribution in [2.75, 3.05) is 26.2 Å². The van der Waals surface area contributed by atoms with Crippen LogP contribution in [0, 0.1) is 6.92 Å². The third-order valence-electron chi connectivity index (χ3n) is 3.66. The van der Waals surface area contributed by atoms with Crippen molar-refractivity contribution in [2.45, 2.75) is 45.6 Å². The maximum Gasteiger partial charge on any atom is 0.140 e. The van der Waals surface area contributed by atoms with Gasteiger partial charge in [0, 0.05) is 24.7 Å². The summed E-state index contributed by atoms with van der Waals surface area (Å²) in [6, 6.07) is 4.13. The van der Waals surface area contributed by atoms with E-state index in [0.29, 0.717) is 0 Å². The van der Waals surface area contributed by atoms with Crippen molar-refractivity contribution < 1.29 is 4.74 Å². The summed E-state index contributed by atoms with van der Waals surface area (Å²) in [5, 5.41) is 0. The number of likely N-dealkylation sites (tertiary alicyclic amines) is 1. The molecule has 0 aliphatic carbocycles. The highest BCUT2D eigenvalue weighted by Gasteiger charge is 2.11. The summed E-state index contributed by atoms with van der Waals surface area (Å²) >= 11 is 0. The fraction of sp³-hybridized carbons (Fsp3) is 0.688. The van der Waals surface area contributed by atoms with Crippen LogP contribution in [0.5, 0.6) is 5.75 Å². The molecular weight excluding hydrogens is 250 g/mol. The Labute approximate surface area is 122 Å². The van der Waals surface area contributed by atoms with Crippen LogP contribution in [-0.2, 0) is 6.42 Å². The highest BCUT2D eigenvalue weighted by Crippen LogP contribution is 2.18. The number of rotatable bonds is 7. The first kappa shape index (κ1) is 15.3. The molecule has 1 unspecified atom stereocenters. The molecule has 112 valence electrons. The Bertz CT molecular complexity index is 414. The summed E-state index contributed by atoms with van der Waals surface area (Å²) in [5.41, 5.74) is 7.88. The van der Waals surface area contributed by atoms with Crippen LogP contribution < -0.4 is 10.5 Å². The van der Waals surface area contributed by atoms with Gasteiger partial charge in [-0.3, -0.25) is 4.98 Å². The molecule has 1 atom stereocenters. The van der Waals surface area contributed by atoms with E-state index < -0.39 is 0 Å². The van der Waals surface area contributed by atoms with E-state index in [-0.39, 0.29) is 6.04 Å². The van der Waals surface area contributed by atoms with Gasteiger partial charge in [0.1, 0.15) is 5.75 Å². The second-order valence-corrected chi connectivity index (χ2v) is 5.83. The maximum absolute atomic E-state index is 5.91. The smallest absolute Gasteiger partial charge is 0.140 e. The van der Waals surface area contributed by atoms with Gasteiger partial charge in [0.25, 0.3) is 0 Å². The molecule has 0 aromatic carbocycles. The number of aromatic nitrogens is 1. The number of pyridine rings is 1. The Hall–Kier alpha value is -1.13. The maximum atomic E-state index is 5.91. The van der Waals surface area contributed by atoms with Gasteiger partial charge in [-0.05, 0) is 58.3 Å². The Morgan fingerprint density at radius 2 is 2.10 bits per heavy atom. The second-order valence-electron chi connectivity index (χ2n) is 5.83. The van der Waals surface area contributed by atoms with Crippen molar-refractivity contribution in [3.63, 3.8) is 0 Å². The molecule has 1 aliphatic rings. The first-order chi connectivity index (χ1) is 9.65. The number of aryl methyl sites for hydroxylation is 1. The van der Waals surface area contributed by atoms with E-state index in [9.17, 15) is 0 Å².